The molecule has 4 heterocycles. The molecule has 4 N–H and O–H groups in total. The van der Waals surface area contributed by atoms with Crippen molar-refractivity contribution in [1.29, 1.82) is 0 Å². The molecule has 2 fully saturated rings. The molecule has 0 radical (unpaired) electrons. The van der Waals surface area contributed by atoms with Crippen LogP contribution in [0.3, 0.4) is 0 Å². The zero-order valence-electron chi connectivity index (χ0n) is 27.5. The van der Waals surface area contributed by atoms with Crippen molar-refractivity contribution < 1.29 is 24.5 Å². The highest BCUT2D eigenvalue weighted by molar-refractivity contribution is 8.93. The highest BCUT2D eigenvalue weighted by Crippen LogP contribution is 2.32. The second kappa shape index (κ2) is 17.9. The molecule has 0 bridgehead atoms. The fraction of sp³-hybridized carbons (Fsp3) is 0.300. The lowest BCUT2D eigenvalue weighted by Gasteiger charge is -2.32. The van der Waals surface area contributed by atoms with Crippen LogP contribution in [0.5, 0.6) is 11.5 Å². The lowest BCUT2D eigenvalue weighted by atomic mass is 9.90. The number of likely N-dealkylation sites (tertiary alicyclic amines) is 2. The number of para-hydroxylation sites is 2. The van der Waals surface area contributed by atoms with E-state index in [-0.39, 0.29) is 39.4 Å². The number of phenolic OH excluding ortho intramolecular Hbond substituents is 2. The van der Waals surface area contributed by atoms with Crippen LogP contribution in [-0.4, -0.2) is 51.7 Å². The van der Waals surface area contributed by atoms with E-state index in [1.807, 2.05) is 61.1 Å². The molecule has 0 spiro atoms. The van der Waals surface area contributed by atoms with Gasteiger partial charge in [0.15, 0.2) is 0 Å². The third-order valence-electron chi connectivity index (χ3n) is 9.60. The van der Waals surface area contributed by atoms with Crippen LogP contribution in [0.15, 0.2) is 118 Å². The Morgan fingerprint density at radius 1 is 0.571 bits per heavy atom. The van der Waals surface area contributed by atoms with Gasteiger partial charge in [-0.2, -0.15) is 0 Å². The van der Waals surface area contributed by atoms with E-state index >= 15 is 0 Å². The Morgan fingerprint density at radius 2 is 1.00 bits per heavy atom. The summed E-state index contributed by atoms with van der Waals surface area (Å²) in [6.07, 6.45) is 8.54. The molecule has 2 aliphatic heterocycles. The number of halogens is 2. The molecule has 2 unspecified atom stereocenters. The Labute approximate surface area is 309 Å². The monoisotopic (exact) mass is 792 g/mol. The van der Waals surface area contributed by atoms with Gasteiger partial charge in [-0.1, -0.05) is 60.7 Å². The maximum Gasteiger partial charge on any atom is 0.134 e. The van der Waals surface area contributed by atoms with Crippen LogP contribution in [0.25, 0.3) is 21.9 Å². The number of piperidine rings is 2. The molecule has 2 saturated heterocycles. The summed E-state index contributed by atoms with van der Waals surface area (Å²) in [7, 11) is 0. The molecule has 2 aromatic heterocycles. The summed E-state index contributed by atoms with van der Waals surface area (Å²) in [5.41, 5.74) is 6.93. The van der Waals surface area contributed by atoms with Crippen LogP contribution in [0.2, 0.25) is 0 Å². The first-order chi connectivity index (χ1) is 22.6. The van der Waals surface area contributed by atoms with Crippen molar-refractivity contribution in [2.24, 2.45) is 0 Å². The minimum Gasteiger partial charge on any atom is -0.508 e. The van der Waals surface area contributed by atoms with Gasteiger partial charge < -0.3 is 24.5 Å². The predicted molar refractivity (Wildman–Crippen MR) is 207 cm³/mol. The molecule has 7 nitrogen and oxygen atoms in total. The van der Waals surface area contributed by atoms with E-state index in [4.69, 9.17) is 8.83 Å². The lowest BCUT2D eigenvalue weighted by Crippen LogP contribution is -2.33. The molecule has 9 heteroatoms. The molecule has 8 rings (SSSR count). The van der Waals surface area contributed by atoms with Gasteiger partial charge in [-0.15, -0.1) is 34.0 Å². The summed E-state index contributed by atoms with van der Waals surface area (Å²) < 4.78 is 11.3. The van der Waals surface area contributed by atoms with Gasteiger partial charge in [0.25, 0.3) is 0 Å². The molecule has 0 aliphatic carbocycles. The molecule has 6 aromatic rings. The molecule has 2 aliphatic rings. The fourth-order valence-electron chi connectivity index (χ4n) is 7.29. The Balaban J connectivity index is 0.000000208. The first kappa shape index (κ1) is 38.2. The second-order valence-electron chi connectivity index (χ2n) is 12.9. The number of aromatic hydroxyl groups is 2. The minimum atomic E-state index is 0. The van der Waals surface area contributed by atoms with E-state index in [9.17, 15) is 10.2 Å². The topological polar surface area (TPSA) is 105 Å². The highest BCUT2D eigenvalue weighted by Gasteiger charge is 2.24. The van der Waals surface area contributed by atoms with Crippen molar-refractivity contribution in [2.75, 3.05) is 26.2 Å². The summed E-state index contributed by atoms with van der Waals surface area (Å²) in [5, 5.41) is 21.8. The largest absolute Gasteiger partial charge is 0.508 e. The van der Waals surface area contributed by atoms with Crippen LogP contribution in [0.4, 0.5) is 0 Å². The Hall–Kier alpha value is -3.60. The standard InChI is InChI=1S/2C20H21NO2.2BrH.H2O/c2*22-18-7-3-5-15(11-18)16-6-4-10-21(12-16)13-17-14-23-20-9-2-1-8-19(17)20;;;/h2*1-3,5,7-9,11,14,16,22H,4,6,10,12-13H2;2*1H;1H2. The van der Waals surface area contributed by atoms with Crippen molar-refractivity contribution in [3.8, 4) is 11.5 Å². The molecular weight excluding hydrogens is 748 g/mol. The van der Waals surface area contributed by atoms with E-state index in [0.29, 0.717) is 23.3 Å². The van der Waals surface area contributed by atoms with Gasteiger partial charge in [0.05, 0.1) is 12.5 Å². The number of rotatable bonds is 6. The van der Waals surface area contributed by atoms with Crippen molar-refractivity contribution in [3.63, 3.8) is 0 Å². The average Bonchev–Trinajstić information content (AvgIpc) is 3.69. The smallest absolute Gasteiger partial charge is 0.134 e. The molecule has 2 atom stereocenters. The molecule has 49 heavy (non-hydrogen) atoms. The SMILES string of the molecule is Br.Br.O.Oc1cccc(C2CCCN(Cc3coc4ccccc34)C2)c1.Oc1cccc(C2CCCN(Cc3coc4ccccc34)C2)c1. The lowest BCUT2D eigenvalue weighted by molar-refractivity contribution is 0.200. The number of fused-ring (bicyclic) bond motifs is 2. The summed E-state index contributed by atoms with van der Waals surface area (Å²) >= 11 is 0. The van der Waals surface area contributed by atoms with Gasteiger partial charge in [0, 0.05) is 48.1 Å². The summed E-state index contributed by atoms with van der Waals surface area (Å²) in [6.45, 7) is 6.15. The third kappa shape index (κ3) is 9.35. The number of phenols is 2. The van der Waals surface area contributed by atoms with Crippen molar-refractivity contribution in [2.45, 2.75) is 50.6 Å². The van der Waals surface area contributed by atoms with Crippen molar-refractivity contribution in [1.82, 2.24) is 9.80 Å². The first-order valence-corrected chi connectivity index (χ1v) is 16.5. The van der Waals surface area contributed by atoms with Gasteiger partial charge in [0.2, 0.25) is 0 Å². The number of benzene rings is 4. The summed E-state index contributed by atoms with van der Waals surface area (Å²) in [6, 6.07) is 31.8. The average molecular weight is 795 g/mol. The van der Waals surface area contributed by atoms with E-state index in [2.05, 4.69) is 46.2 Å². The normalized spacial score (nSPS) is 18.0. The zero-order valence-corrected chi connectivity index (χ0v) is 31.0. The second-order valence-corrected chi connectivity index (χ2v) is 12.9. The van der Waals surface area contributed by atoms with Crippen molar-refractivity contribution >= 4 is 55.9 Å². The molecule has 260 valence electrons. The van der Waals surface area contributed by atoms with Crippen LogP contribution < -0.4 is 0 Å². The van der Waals surface area contributed by atoms with Crippen LogP contribution in [-0.2, 0) is 13.1 Å². The van der Waals surface area contributed by atoms with Crippen LogP contribution in [0, 0.1) is 0 Å². The van der Waals surface area contributed by atoms with E-state index in [1.54, 1.807) is 12.1 Å². The summed E-state index contributed by atoms with van der Waals surface area (Å²) in [5.74, 6) is 1.71. The number of nitrogens with zero attached hydrogens (tertiary/aromatic N) is 2. The van der Waals surface area contributed by atoms with Gasteiger partial charge in [0.1, 0.15) is 22.7 Å². The quantitative estimate of drug-likeness (QED) is 0.174. The van der Waals surface area contributed by atoms with Crippen LogP contribution >= 0.6 is 34.0 Å². The molecule has 0 amide bonds. The summed E-state index contributed by atoms with van der Waals surface area (Å²) in [4.78, 5) is 4.99. The maximum absolute atomic E-state index is 9.71. The van der Waals surface area contributed by atoms with Crippen molar-refractivity contribution in [3.05, 3.63) is 132 Å². The third-order valence-corrected chi connectivity index (χ3v) is 9.60. The predicted octanol–water partition coefficient (Wildman–Crippen LogP) is 9.37. The minimum absolute atomic E-state index is 0. The number of hydrogen-bond donors (Lipinski definition) is 2. The zero-order chi connectivity index (χ0) is 31.3. The van der Waals surface area contributed by atoms with Gasteiger partial charge in [-0.05, 0) is 98.1 Å². The maximum atomic E-state index is 9.71. The molecule has 0 saturated carbocycles. The van der Waals surface area contributed by atoms with Crippen LogP contribution in [0.1, 0.15) is 59.8 Å². The first-order valence-electron chi connectivity index (χ1n) is 16.5. The molecular formula is C40H46Br2N2O5. The fourth-order valence-corrected chi connectivity index (χ4v) is 7.29. The highest BCUT2D eigenvalue weighted by atomic mass is 79.9. The van der Waals surface area contributed by atoms with Gasteiger partial charge >= 0.3 is 0 Å². The van der Waals surface area contributed by atoms with Gasteiger partial charge in [-0.3, -0.25) is 9.80 Å². The Morgan fingerprint density at radius 3 is 1.43 bits per heavy atom. The van der Waals surface area contributed by atoms with Gasteiger partial charge in [-0.25, -0.2) is 0 Å². The van der Waals surface area contributed by atoms with E-state index in [1.165, 1.54) is 58.7 Å². The Kier molecular flexibility index (Phi) is 13.9. The number of furan rings is 2. The van der Waals surface area contributed by atoms with E-state index in [0.717, 1.165) is 50.4 Å². The Bertz CT molecular complexity index is 1770. The molecule has 4 aromatic carbocycles. The number of hydrogen-bond acceptors (Lipinski definition) is 6. The van der Waals surface area contributed by atoms with E-state index < -0.39 is 0 Å².